The van der Waals surface area contributed by atoms with Crippen molar-refractivity contribution in [2.24, 2.45) is 0 Å². The van der Waals surface area contributed by atoms with Crippen LogP contribution in [0.1, 0.15) is 37.8 Å². The minimum atomic E-state index is -0.555. The molecule has 0 heterocycles. The van der Waals surface area contributed by atoms with Crippen molar-refractivity contribution in [1.82, 2.24) is 0 Å². The van der Waals surface area contributed by atoms with Gasteiger partial charge in [0.15, 0.2) is 0 Å². The number of hydrogen-bond donors (Lipinski definition) is 1. The van der Waals surface area contributed by atoms with E-state index in [1.807, 2.05) is 25.1 Å². The maximum Gasteiger partial charge on any atom is 0.237 e. The summed E-state index contributed by atoms with van der Waals surface area (Å²) < 4.78 is 27.0. The van der Waals surface area contributed by atoms with Crippen LogP contribution in [0.5, 0.6) is 0 Å². The summed E-state index contributed by atoms with van der Waals surface area (Å²) in [6.07, 6.45) is 0. The van der Waals surface area contributed by atoms with Crippen LogP contribution >= 0.6 is 11.8 Å². The minimum Gasteiger partial charge on any atom is -0.325 e. The van der Waals surface area contributed by atoms with E-state index in [2.05, 4.69) is 19.2 Å². The van der Waals surface area contributed by atoms with Gasteiger partial charge in [0.25, 0.3) is 0 Å². The highest BCUT2D eigenvalue weighted by atomic mass is 32.2. The Hall–Kier alpha value is -1.88. The van der Waals surface area contributed by atoms with E-state index in [0.29, 0.717) is 0 Å². The van der Waals surface area contributed by atoms with E-state index in [-0.39, 0.29) is 16.7 Å². The summed E-state index contributed by atoms with van der Waals surface area (Å²) in [6.45, 7) is 7.73. The van der Waals surface area contributed by atoms with Crippen molar-refractivity contribution in [2.45, 2.75) is 43.8 Å². The molecule has 0 aliphatic rings. The average Bonchev–Trinajstić information content (AvgIpc) is 2.52. The van der Waals surface area contributed by atoms with Crippen LogP contribution < -0.4 is 5.32 Å². The van der Waals surface area contributed by atoms with Gasteiger partial charge in [0.1, 0.15) is 11.6 Å². The Morgan fingerprint density at radius 3 is 2.50 bits per heavy atom. The van der Waals surface area contributed by atoms with Crippen LogP contribution in [-0.2, 0) is 4.79 Å². The molecule has 0 aliphatic carbocycles. The van der Waals surface area contributed by atoms with Crippen molar-refractivity contribution in [3.8, 4) is 0 Å². The molecule has 0 saturated heterocycles. The van der Waals surface area contributed by atoms with Crippen LogP contribution in [-0.4, -0.2) is 11.2 Å². The topological polar surface area (TPSA) is 29.1 Å². The lowest BCUT2D eigenvalue weighted by atomic mass is 9.98. The molecule has 24 heavy (non-hydrogen) atoms. The normalized spacial score (nSPS) is 12.3. The first-order valence-electron chi connectivity index (χ1n) is 7.81. The van der Waals surface area contributed by atoms with Gasteiger partial charge >= 0.3 is 0 Å². The zero-order valence-corrected chi connectivity index (χ0v) is 15.0. The summed E-state index contributed by atoms with van der Waals surface area (Å²) in [5, 5.41) is 2.38. The van der Waals surface area contributed by atoms with Crippen molar-refractivity contribution in [3.05, 3.63) is 59.2 Å². The van der Waals surface area contributed by atoms with Gasteiger partial charge in [-0.05, 0) is 49.1 Å². The highest BCUT2D eigenvalue weighted by molar-refractivity contribution is 8.00. The predicted octanol–water partition coefficient (Wildman–Crippen LogP) is 5.52. The van der Waals surface area contributed by atoms with Crippen molar-refractivity contribution in [3.63, 3.8) is 0 Å². The van der Waals surface area contributed by atoms with E-state index in [1.165, 1.54) is 0 Å². The van der Waals surface area contributed by atoms with Gasteiger partial charge in [0.2, 0.25) is 5.91 Å². The minimum absolute atomic E-state index is 0.131. The SMILES string of the molecule is Cc1cccc(C(C)C)c1NC(=O)[C@@H](C)Sc1cc(F)ccc1F. The van der Waals surface area contributed by atoms with Crippen molar-refractivity contribution < 1.29 is 13.6 Å². The third-order valence-electron chi connectivity index (χ3n) is 3.74. The lowest BCUT2D eigenvalue weighted by Crippen LogP contribution is -2.24. The first-order valence-corrected chi connectivity index (χ1v) is 8.69. The standard InChI is InChI=1S/C19H21F2NOS/c1-11(2)15-7-5-6-12(3)18(15)22-19(23)13(4)24-17-10-14(20)8-9-16(17)21/h5-11,13H,1-4H3,(H,22,23)/t13-/m1/s1. The molecule has 0 fully saturated rings. The van der Waals surface area contributed by atoms with Gasteiger partial charge in [0.05, 0.1) is 5.25 Å². The van der Waals surface area contributed by atoms with Gasteiger partial charge in [-0.3, -0.25) is 4.79 Å². The molecule has 0 aromatic heterocycles. The lowest BCUT2D eigenvalue weighted by molar-refractivity contribution is -0.115. The van der Waals surface area contributed by atoms with Gasteiger partial charge in [-0.25, -0.2) is 8.78 Å². The van der Waals surface area contributed by atoms with Crippen LogP contribution in [0, 0.1) is 18.6 Å². The van der Waals surface area contributed by atoms with Crippen LogP contribution in [0.3, 0.4) is 0 Å². The third-order valence-corrected chi connectivity index (χ3v) is 4.88. The van der Waals surface area contributed by atoms with Crippen molar-refractivity contribution in [1.29, 1.82) is 0 Å². The van der Waals surface area contributed by atoms with Crippen LogP contribution in [0.4, 0.5) is 14.5 Å². The second-order valence-electron chi connectivity index (χ2n) is 6.02. The molecule has 2 aromatic rings. The maximum atomic E-state index is 13.7. The molecule has 0 spiro atoms. The number of amides is 1. The number of halogens is 2. The molecule has 0 aliphatic heterocycles. The molecule has 1 amide bonds. The Kier molecular flexibility index (Phi) is 5.99. The smallest absolute Gasteiger partial charge is 0.237 e. The molecule has 0 radical (unpaired) electrons. The molecule has 2 nitrogen and oxygen atoms in total. The van der Waals surface area contributed by atoms with E-state index >= 15 is 0 Å². The summed E-state index contributed by atoms with van der Waals surface area (Å²) in [6, 6.07) is 9.12. The second-order valence-corrected chi connectivity index (χ2v) is 7.40. The number of aryl methyl sites for hydroxylation is 1. The predicted molar refractivity (Wildman–Crippen MR) is 95.6 cm³/mol. The fourth-order valence-corrected chi connectivity index (χ4v) is 3.29. The summed E-state index contributed by atoms with van der Waals surface area (Å²) in [5.74, 6) is -1.02. The molecule has 0 bridgehead atoms. The lowest BCUT2D eigenvalue weighted by Gasteiger charge is -2.18. The molecule has 5 heteroatoms. The van der Waals surface area contributed by atoms with Crippen LogP contribution in [0.2, 0.25) is 0 Å². The fraction of sp³-hybridized carbons (Fsp3) is 0.316. The molecule has 0 unspecified atom stereocenters. The summed E-state index contributed by atoms with van der Waals surface area (Å²) in [4.78, 5) is 12.6. The van der Waals surface area contributed by atoms with Gasteiger partial charge in [0, 0.05) is 10.6 Å². The van der Waals surface area contributed by atoms with Crippen LogP contribution in [0.15, 0.2) is 41.3 Å². The van der Waals surface area contributed by atoms with Gasteiger partial charge < -0.3 is 5.32 Å². The average molecular weight is 349 g/mol. The number of thioether (sulfide) groups is 1. The maximum absolute atomic E-state index is 13.7. The molecular weight excluding hydrogens is 328 g/mol. The summed E-state index contributed by atoms with van der Waals surface area (Å²) in [5.41, 5.74) is 2.82. The Morgan fingerprint density at radius 2 is 1.83 bits per heavy atom. The van der Waals surface area contributed by atoms with Gasteiger partial charge in [-0.15, -0.1) is 11.8 Å². The number of benzene rings is 2. The molecule has 0 saturated carbocycles. The Morgan fingerprint density at radius 1 is 1.12 bits per heavy atom. The van der Waals surface area contributed by atoms with E-state index < -0.39 is 16.9 Å². The zero-order chi connectivity index (χ0) is 17.9. The number of rotatable bonds is 5. The number of para-hydroxylation sites is 1. The van der Waals surface area contributed by atoms with Crippen LogP contribution in [0.25, 0.3) is 0 Å². The quantitative estimate of drug-likeness (QED) is 0.721. The fourth-order valence-electron chi connectivity index (χ4n) is 2.38. The Labute approximate surface area is 145 Å². The highest BCUT2D eigenvalue weighted by Crippen LogP contribution is 2.30. The molecule has 128 valence electrons. The number of anilines is 1. The molecule has 2 rings (SSSR count). The second kappa shape index (κ2) is 7.79. The Balaban J connectivity index is 2.17. The van der Waals surface area contributed by atoms with E-state index in [9.17, 15) is 13.6 Å². The molecule has 1 N–H and O–H groups in total. The molecule has 2 aromatic carbocycles. The monoisotopic (exact) mass is 349 g/mol. The zero-order valence-electron chi connectivity index (χ0n) is 14.2. The van der Waals surface area contributed by atoms with E-state index in [1.54, 1.807) is 6.92 Å². The molecular formula is C19H21F2NOS. The highest BCUT2D eigenvalue weighted by Gasteiger charge is 2.19. The number of carbonyl (C=O) groups excluding carboxylic acids is 1. The number of carbonyl (C=O) groups is 1. The van der Waals surface area contributed by atoms with Gasteiger partial charge in [-0.2, -0.15) is 0 Å². The Bertz CT molecular complexity index is 746. The molecule has 1 atom stereocenters. The largest absolute Gasteiger partial charge is 0.325 e. The number of nitrogens with one attached hydrogen (secondary N) is 1. The van der Waals surface area contributed by atoms with E-state index in [0.717, 1.165) is 46.8 Å². The van der Waals surface area contributed by atoms with Gasteiger partial charge in [-0.1, -0.05) is 32.0 Å². The first-order chi connectivity index (χ1) is 11.3. The van der Waals surface area contributed by atoms with Crippen molar-refractivity contribution >= 4 is 23.4 Å². The summed E-state index contributed by atoms with van der Waals surface area (Å²) in [7, 11) is 0. The number of hydrogen-bond acceptors (Lipinski definition) is 2. The summed E-state index contributed by atoms with van der Waals surface area (Å²) >= 11 is 1.00. The van der Waals surface area contributed by atoms with Crippen molar-refractivity contribution in [2.75, 3.05) is 5.32 Å². The van der Waals surface area contributed by atoms with E-state index in [4.69, 9.17) is 0 Å². The first kappa shape index (κ1) is 18.5. The third kappa shape index (κ3) is 4.35.